The van der Waals surface area contributed by atoms with E-state index < -0.39 is 0 Å². The van der Waals surface area contributed by atoms with Crippen molar-refractivity contribution in [2.75, 3.05) is 13.1 Å². The molecule has 3 rings (SSSR count). The lowest BCUT2D eigenvalue weighted by molar-refractivity contribution is -0.120. The fraction of sp³-hybridized carbons (Fsp3) is 0.933. The maximum Gasteiger partial charge on any atom is 0.127 e. The van der Waals surface area contributed by atoms with Gasteiger partial charge < -0.3 is 4.79 Å². The van der Waals surface area contributed by atoms with Crippen LogP contribution in [0.4, 0.5) is 0 Å². The molecule has 4 atom stereocenters. The number of nitrogens with zero attached hydrogens (tertiary/aromatic N) is 1. The number of hydrogen-bond donors (Lipinski definition) is 0. The van der Waals surface area contributed by atoms with E-state index in [4.69, 9.17) is 0 Å². The molecule has 4 unspecified atom stereocenters. The lowest BCUT2D eigenvalue weighted by Crippen LogP contribution is -2.44. The Hall–Kier alpha value is -0.370. The highest BCUT2D eigenvalue weighted by atomic mass is 16.1. The molecule has 1 saturated heterocycles. The van der Waals surface area contributed by atoms with E-state index in [-0.39, 0.29) is 5.41 Å². The second-order valence-corrected chi connectivity index (χ2v) is 6.94. The summed E-state index contributed by atoms with van der Waals surface area (Å²) in [7, 11) is 0. The highest BCUT2D eigenvalue weighted by molar-refractivity contribution is 5.60. The standard InChI is InChI=1S/C15H25NO/c1-12-3-2-6-15(8-12,11-17)10-16-9-13-4-5-14(16)7-13/h11-14H,2-10H2,1H3. The second-order valence-electron chi connectivity index (χ2n) is 6.94. The average Bonchev–Trinajstić information content (AvgIpc) is 2.91. The topological polar surface area (TPSA) is 20.3 Å². The highest BCUT2D eigenvalue weighted by Gasteiger charge is 2.43. The first-order valence-electron chi connectivity index (χ1n) is 7.41. The molecule has 3 fully saturated rings. The first-order valence-corrected chi connectivity index (χ1v) is 7.41. The first kappa shape index (κ1) is 11.7. The number of piperidine rings is 1. The molecule has 1 heterocycles. The molecule has 96 valence electrons. The Labute approximate surface area is 105 Å². The monoisotopic (exact) mass is 235 g/mol. The molecule has 2 bridgehead atoms. The van der Waals surface area contributed by atoms with Crippen LogP contribution in [0, 0.1) is 17.3 Å². The minimum Gasteiger partial charge on any atom is -0.303 e. The molecule has 2 heteroatoms. The zero-order valence-corrected chi connectivity index (χ0v) is 11.0. The molecule has 0 aromatic carbocycles. The Balaban J connectivity index is 1.67. The largest absolute Gasteiger partial charge is 0.303 e. The van der Waals surface area contributed by atoms with E-state index in [1.165, 1.54) is 44.9 Å². The zero-order chi connectivity index (χ0) is 11.9. The van der Waals surface area contributed by atoms with Crippen molar-refractivity contribution in [3.8, 4) is 0 Å². The van der Waals surface area contributed by atoms with Crippen LogP contribution in [0.1, 0.15) is 51.9 Å². The summed E-state index contributed by atoms with van der Waals surface area (Å²) in [6.07, 6.45) is 10.4. The Bertz CT molecular complexity index is 303. The minimum atomic E-state index is 0.00213. The van der Waals surface area contributed by atoms with Crippen molar-refractivity contribution in [3.63, 3.8) is 0 Å². The first-order chi connectivity index (χ1) is 8.21. The molecule has 0 aromatic rings. The van der Waals surface area contributed by atoms with Gasteiger partial charge in [-0.3, -0.25) is 4.90 Å². The normalized spacial score (nSPS) is 46.3. The van der Waals surface area contributed by atoms with Crippen molar-refractivity contribution in [3.05, 3.63) is 0 Å². The van der Waals surface area contributed by atoms with Crippen molar-refractivity contribution in [1.29, 1.82) is 0 Å². The lowest BCUT2D eigenvalue weighted by atomic mass is 9.70. The number of fused-ring (bicyclic) bond motifs is 2. The molecule has 0 N–H and O–H groups in total. The van der Waals surface area contributed by atoms with Crippen LogP contribution in [0.3, 0.4) is 0 Å². The molecule has 17 heavy (non-hydrogen) atoms. The van der Waals surface area contributed by atoms with Crippen molar-refractivity contribution in [1.82, 2.24) is 4.90 Å². The van der Waals surface area contributed by atoms with Gasteiger partial charge in [0.1, 0.15) is 6.29 Å². The third kappa shape index (κ3) is 2.16. The summed E-state index contributed by atoms with van der Waals surface area (Å²) >= 11 is 0. The van der Waals surface area contributed by atoms with Crippen LogP contribution in [-0.2, 0) is 4.79 Å². The molecule has 2 aliphatic carbocycles. The van der Waals surface area contributed by atoms with Gasteiger partial charge in [0.05, 0.1) is 0 Å². The molecule has 2 saturated carbocycles. The number of rotatable bonds is 3. The predicted molar refractivity (Wildman–Crippen MR) is 68.8 cm³/mol. The van der Waals surface area contributed by atoms with E-state index in [1.807, 2.05) is 0 Å². The van der Waals surface area contributed by atoms with Gasteiger partial charge in [-0.15, -0.1) is 0 Å². The van der Waals surface area contributed by atoms with E-state index in [1.54, 1.807) is 0 Å². The molecule has 2 nitrogen and oxygen atoms in total. The number of carbonyl (C=O) groups is 1. The molecule has 0 amide bonds. The number of likely N-dealkylation sites (tertiary alicyclic amines) is 1. The van der Waals surface area contributed by atoms with E-state index >= 15 is 0 Å². The molecule has 0 radical (unpaired) electrons. The smallest absolute Gasteiger partial charge is 0.127 e. The molecule has 0 spiro atoms. The van der Waals surface area contributed by atoms with Gasteiger partial charge in [0.15, 0.2) is 0 Å². The lowest BCUT2D eigenvalue weighted by Gasteiger charge is -2.40. The van der Waals surface area contributed by atoms with Gasteiger partial charge in [-0.25, -0.2) is 0 Å². The minimum absolute atomic E-state index is 0.00213. The number of aldehydes is 1. The second kappa shape index (κ2) is 4.38. The van der Waals surface area contributed by atoms with Gasteiger partial charge in [0, 0.05) is 24.5 Å². The summed E-state index contributed by atoms with van der Waals surface area (Å²) in [4.78, 5) is 14.2. The number of hydrogen-bond acceptors (Lipinski definition) is 2. The molecule has 3 aliphatic rings. The van der Waals surface area contributed by atoms with E-state index in [9.17, 15) is 4.79 Å². The Morgan fingerprint density at radius 2 is 2.24 bits per heavy atom. The maximum absolute atomic E-state index is 11.6. The van der Waals surface area contributed by atoms with Crippen LogP contribution in [0.15, 0.2) is 0 Å². The zero-order valence-electron chi connectivity index (χ0n) is 11.0. The van der Waals surface area contributed by atoms with Crippen molar-refractivity contribution >= 4 is 6.29 Å². The van der Waals surface area contributed by atoms with Crippen molar-refractivity contribution in [2.45, 2.75) is 57.9 Å². The van der Waals surface area contributed by atoms with Crippen LogP contribution >= 0.6 is 0 Å². The maximum atomic E-state index is 11.6. The van der Waals surface area contributed by atoms with Crippen LogP contribution in [-0.4, -0.2) is 30.3 Å². The average molecular weight is 235 g/mol. The van der Waals surface area contributed by atoms with Gasteiger partial charge in [0.25, 0.3) is 0 Å². The summed E-state index contributed by atoms with van der Waals surface area (Å²) in [5, 5.41) is 0. The van der Waals surface area contributed by atoms with Crippen molar-refractivity contribution < 1.29 is 4.79 Å². The fourth-order valence-electron chi connectivity index (χ4n) is 4.61. The summed E-state index contributed by atoms with van der Waals surface area (Å²) in [6.45, 7) is 4.64. The van der Waals surface area contributed by atoms with Crippen LogP contribution in [0.5, 0.6) is 0 Å². The summed E-state index contributed by atoms with van der Waals surface area (Å²) in [5.41, 5.74) is 0.00213. The van der Waals surface area contributed by atoms with E-state index in [0.717, 1.165) is 37.3 Å². The van der Waals surface area contributed by atoms with Gasteiger partial charge in [-0.2, -0.15) is 0 Å². The highest BCUT2D eigenvalue weighted by Crippen LogP contribution is 2.43. The van der Waals surface area contributed by atoms with Crippen molar-refractivity contribution in [2.24, 2.45) is 17.3 Å². The third-order valence-corrected chi connectivity index (χ3v) is 5.42. The molecular weight excluding hydrogens is 210 g/mol. The van der Waals surface area contributed by atoms with Crippen LogP contribution in [0.2, 0.25) is 0 Å². The van der Waals surface area contributed by atoms with Gasteiger partial charge >= 0.3 is 0 Å². The molecule has 1 aliphatic heterocycles. The Morgan fingerprint density at radius 1 is 1.35 bits per heavy atom. The summed E-state index contributed by atoms with van der Waals surface area (Å²) in [5.74, 6) is 1.69. The molecular formula is C15H25NO. The van der Waals surface area contributed by atoms with E-state index in [2.05, 4.69) is 11.8 Å². The van der Waals surface area contributed by atoms with Gasteiger partial charge in [0.2, 0.25) is 0 Å². The molecule has 0 aromatic heterocycles. The van der Waals surface area contributed by atoms with E-state index in [0.29, 0.717) is 0 Å². The Kier molecular flexibility index (Phi) is 3.02. The number of carbonyl (C=O) groups excluding carboxylic acids is 1. The quantitative estimate of drug-likeness (QED) is 0.701. The fourth-order valence-corrected chi connectivity index (χ4v) is 4.61. The third-order valence-electron chi connectivity index (χ3n) is 5.42. The SMILES string of the molecule is CC1CCCC(C=O)(CN2CC3CCC2C3)C1. The van der Waals surface area contributed by atoms with Crippen LogP contribution in [0.25, 0.3) is 0 Å². The van der Waals surface area contributed by atoms with Gasteiger partial charge in [-0.05, 0) is 43.9 Å². The summed E-state index contributed by atoms with van der Waals surface area (Å²) < 4.78 is 0. The summed E-state index contributed by atoms with van der Waals surface area (Å²) in [6, 6.07) is 0.814. The van der Waals surface area contributed by atoms with Gasteiger partial charge in [-0.1, -0.05) is 19.8 Å². The predicted octanol–water partition coefficient (Wildman–Crippen LogP) is 2.87. The van der Waals surface area contributed by atoms with Crippen LogP contribution < -0.4 is 0 Å². The Morgan fingerprint density at radius 3 is 2.82 bits per heavy atom.